The van der Waals surface area contributed by atoms with Crippen LogP contribution in [0.5, 0.6) is 0 Å². The number of halogens is 1. The topological polar surface area (TPSA) is 54.5 Å². The lowest BCUT2D eigenvalue weighted by molar-refractivity contribution is -0.106. The second-order valence-corrected chi connectivity index (χ2v) is 7.76. The van der Waals surface area contributed by atoms with Crippen LogP contribution in [0.3, 0.4) is 0 Å². The van der Waals surface area contributed by atoms with Gasteiger partial charge in [-0.3, -0.25) is 9.69 Å². The van der Waals surface area contributed by atoms with Crippen LogP contribution in [0.1, 0.15) is 0 Å². The molecule has 2 aromatic carbocycles. The van der Waals surface area contributed by atoms with Gasteiger partial charge in [-0.1, -0.05) is 23.9 Å². The summed E-state index contributed by atoms with van der Waals surface area (Å²) in [7, 11) is 1.53. The molecule has 102 valence electrons. The van der Waals surface area contributed by atoms with Crippen LogP contribution in [-0.2, 0) is 13.8 Å². The van der Waals surface area contributed by atoms with E-state index in [2.05, 4.69) is 0 Å². The molecule has 0 saturated carbocycles. The SMILES string of the molecule is O=CN1c2ccccc2Sc2ccc(S(=O)(=O)Cl)cc21. The van der Waals surface area contributed by atoms with Crippen LogP contribution in [0, 0.1) is 0 Å². The average molecular weight is 326 g/mol. The van der Waals surface area contributed by atoms with Gasteiger partial charge < -0.3 is 0 Å². The van der Waals surface area contributed by atoms with Gasteiger partial charge in [0.1, 0.15) is 0 Å². The van der Waals surface area contributed by atoms with Crippen LogP contribution < -0.4 is 4.90 Å². The van der Waals surface area contributed by atoms with Crippen molar-refractivity contribution < 1.29 is 13.2 Å². The quantitative estimate of drug-likeness (QED) is 0.627. The zero-order valence-electron chi connectivity index (χ0n) is 9.99. The van der Waals surface area contributed by atoms with E-state index in [0.29, 0.717) is 12.1 Å². The molecule has 1 heterocycles. The van der Waals surface area contributed by atoms with Gasteiger partial charge in [0.05, 0.1) is 16.3 Å². The van der Waals surface area contributed by atoms with Crippen molar-refractivity contribution in [3.63, 3.8) is 0 Å². The summed E-state index contributed by atoms with van der Waals surface area (Å²) in [5.74, 6) is 0. The molecule has 0 aromatic heterocycles. The van der Waals surface area contributed by atoms with Crippen molar-refractivity contribution in [1.82, 2.24) is 0 Å². The second-order valence-electron chi connectivity index (χ2n) is 4.11. The van der Waals surface area contributed by atoms with Crippen LogP contribution in [0.4, 0.5) is 11.4 Å². The van der Waals surface area contributed by atoms with E-state index in [4.69, 9.17) is 10.7 Å². The van der Waals surface area contributed by atoms with E-state index < -0.39 is 9.05 Å². The fourth-order valence-electron chi connectivity index (χ4n) is 2.03. The molecule has 4 nitrogen and oxygen atoms in total. The predicted molar refractivity (Wildman–Crippen MR) is 78.2 cm³/mol. The van der Waals surface area contributed by atoms with Crippen molar-refractivity contribution in [3.05, 3.63) is 42.5 Å². The maximum absolute atomic E-state index is 11.4. The molecule has 1 aliphatic heterocycles. The molecule has 0 unspecified atom stereocenters. The number of rotatable bonds is 2. The lowest BCUT2D eigenvalue weighted by Crippen LogP contribution is -2.18. The number of anilines is 2. The minimum Gasteiger partial charge on any atom is -0.281 e. The maximum atomic E-state index is 11.4. The molecule has 2 aromatic rings. The summed E-state index contributed by atoms with van der Waals surface area (Å²) in [5.41, 5.74) is 1.24. The van der Waals surface area contributed by atoms with Gasteiger partial charge in [0, 0.05) is 20.5 Å². The molecule has 0 bridgehead atoms. The molecule has 0 spiro atoms. The van der Waals surface area contributed by atoms with E-state index in [1.165, 1.54) is 28.8 Å². The minimum absolute atomic E-state index is 0.0234. The molecule has 0 radical (unpaired) electrons. The molecule has 0 N–H and O–H groups in total. The number of para-hydroxylation sites is 1. The van der Waals surface area contributed by atoms with Crippen LogP contribution >= 0.6 is 22.4 Å². The zero-order valence-corrected chi connectivity index (χ0v) is 12.4. The van der Waals surface area contributed by atoms with Crippen molar-refractivity contribution in [2.75, 3.05) is 4.90 Å². The number of fused-ring (bicyclic) bond motifs is 2. The Hall–Kier alpha value is -1.50. The fraction of sp³-hybridized carbons (Fsp3) is 0. The number of nitrogens with zero attached hydrogens (tertiary/aromatic N) is 1. The first-order chi connectivity index (χ1) is 9.50. The lowest BCUT2D eigenvalue weighted by atomic mass is 10.2. The first-order valence-electron chi connectivity index (χ1n) is 5.61. The Labute approximate surface area is 124 Å². The van der Waals surface area contributed by atoms with Crippen molar-refractivity contribution >= 4 is 49.3 Å². The summed E-state index contributed by atoms with van der Waals surface area (Å²) < 4.78 is 22.8. The van der Waals surface area contributed by atoms with E-state index in [1.807, 2.05) is 24.3 Å². The summed E-state index contributed by atoms with van der Waals surface area (Å²) in [4.78, 5) is 14.5. The summed E-state index contributed by atoms with van der Waals surface area (Å²) in [5, 5.41) is 0. The van der Waals surface area contributed by atoms with E-state index in [-0.39, 0.29) is 4.90 Å². The maximum Gasteiger partial charge on any atom is 0.261 e. The summed E-state index contributed by atoms with van der Waals surface area (Å²) in [6.07, 6.45) is 0.669. The first kappa shape index (κ1) is 13.5. The number of hydrogen-bond acceptors (Lipinski definition) is 4. The lowest BCUT2D eigenvalue weighted by Gasteiger charge is -2.28. The molecule has 0 fully saturated rings. The third-order valence-corrected chi connectivity index (χ3v) is 5.40. The number of carbonyl (C=O) groups is 1. The van der Waals surface area contributed by atoms with E-state index in [0.717, 1.165) is 15.5 Å². The summed E-state index contributed by atoms with van der Waals surface area (Å²) in [6.45, 7) is 0. The van der Waals surface area contributed by atoms with Crippen molar-refractivity contribution in [1.29, 1.82) is 0 Å². The fourth-order valence-corrected chi connectivity index (χ4v) is 3.85. The smallest absolute Gasteiger partial charge is 0.261 e. The van der Waals surface area contributed by atoms with E-state index >= 15 is 0 Å². The van der Waals surface area contributed by atoms with Gasteiger partial charge >= 0.3 is 0 Å². The molecule has 7 heteroatoms. The Bertz CT molecular complexity index is 805. The van der Waals surface area contributed by atoms with Crippen LogP contribution in [0.15, 0.2) is 57.2 Å². The highest BCUT2D eigenvalue weighted by atomic mass is 35.7. The van der Waals surface area contributed by atoms with Gasteiger partial charge in [0.25, 0.3) is 9.05 Å². The Morgan fingerprint density at radius 3 is 2.45 bits per heavy atom. The van der Waals surface area contributed by atoms with Gasteiger partial charge in [-0.2, -0.15) is 0 Å². The monoisotopic (exact) mass is 325 g/mol. The zero-order chi connectivity index (χ0) is 14.3. The second kappa shape index (κ2) is 4.80. The Morgan fingerprint density at radius 1 is 1.05 bits per heavy atom. The Morgan fingerprint density at radius 2 is 1.75 bits per heavy atom. The predicted octanol–water partition coefficient (Wildman–Crippen LogP) is 3.37. The Balaban J connectivity index is 2.21. The normalized spacial score (nSPS) is 13.6. The molecule has 20 heavy (non-hydrogen) atoms. The molecular weight excluding hydrogens is 318 g/mol. The third-order valence-electron chi connectivity index (χ3n) is 2.92. The van der Waals surface area contributed by atoms with E-state index in [9.17, 15) is 13.2 Å². The highest BCUT2D eigenvalue weighted by molar-refractivity contribution is 8.13. The van der Waals surface area contributed by atoms with Gasteiger partial charge in [0.2, 0.25) is 6.41 Å². The molecule has 0 atom stereocenters. The van der Waals surface area contributed by atoms with Gasteiger partial charge in [-0.05, 0) is 30.3 Å². The number of amides is 1. The van der Waals surface area contributed by atoms with Gasteiger partial charge in [-0.15, -0.1) is 0 Å². The molecular formula is C13H8ClNO3S2. The van der Waals surface area contributed by atoms with Crippen molar-refractivity contribution in [3.8, 4) is 0 Å². The van der Waals surface area contributed by atoms with Crippen LogP contribution in [0.2, 0.25) is 0 Å². The van der Waals surface area contributed by atoms with Gasteiger partial charge in [0.15, 0.2) is 0 Å². The number of hydrogen-bond donors (Lipinski definition) is 0. The summed E-state index contributed by atoms with van der Waals surface area (Å²) in [6, 6.07) is 11.9. The van der Waals surface area contributed by atoms with Crippen LogP contribution in [0.25, 0.3) is 0 Å². The number of carbonyl (C=O) groups excluding carboxylic acids is 1. The van der Waals surface area contributed by atoms with Gasteiger partial charge in [-0.25, -0.2) is 8.42 Å². The van der Waals surface area contributed by atoms with Crippen LogP contribution in [-0.4, -0.2) is 14.8 Å². The molecule has 1 amide bonds. The summed E-state index contributed by atoms with van der Waals surface area (Å²) >= 11 is 1.48. The molecule has 0 aliphatic carbocycles. The average Bonchev–Trinajstić information content (AvgIpc) is 2.43. The Kier molecular flexibility index (Phi) is 3.24. The number of benzene rings is 2. The largest absolute Gasteiger partial charge is 0.281 e. The van der Waals surface area contributed by atoms with Crippen molar-refractivity contribution in [2.45, 2.75) is 14.7 Å². The molecule has 1 aliphatic rings. The minimum atomic E-state index is -3.82. The van der Waals surface area contributed by atoms with Crippen molar-refractivity contribution in [2.24, 2.45) is 0 Å². The standard InChI is InChI=1S/C13H8ClNO3S2/c14-20(17,18)9-5-6-13-11(7-9)15(8-16)10-3-1-2-4-12(10)19-13/h1-8H. The highest BCUT2D eigenvalue weighted by Gasteiger charge is 2.24. The molecule has 3 rings (SSSR count). The highest BCUT2D eigenvalue weighted by Crippen LogP contribution is 2.47. The third kappa shape index (κ3) is 2.19. The van der Waals surface area contributed by atoms with E-state index in [1.54, 1.807) is 6.07 Å². The first-order valence-corrected chi connectivity index (χ1v) is 8.73. The molecule has 0 saturated heterocycles.